The Bertz CT molecular complexity index is 903. The van der Waals surface area contributed by atoms with Crippen LogP contribution in [-0.2, 0) is 11.0 Å². The molecule has 5 nitrogen and oxygen atoms in total. The molecule has 174 valence electrons. The van der Waals surface area contributed by atoms with Gasteiger partial charge in [-0.25, -0.2) is 4.98 Å². The molecule has 8 heteroatoms. The van der Waals surface area contributed by atoms with Crippen LogP contribution in [0.25, 0.3) is 0 Å². The molecule has 0 atom stereocenters. The number of halogens is 3. The van der Waals surface area contributed by atoms with Gasteiger partial charge < -0.3 is 9.64 Å². The Morgan fingerprint density at radius 3 is 2.41 bits per heavy atom. The van der Waals surface area contributed by atoms with Crippen molar-refractivity contribution in [3.63, 3.8) is 0 Å². The van der Waals surface area contributed by atoms with Crippen molar-refractivity contribution in [3.05, 3.63) is 59.8 Å². The molecular weight excluding hydrogens is 419 g/mol. The molecule has 0 saturated carbocycles. The van der Waals surface area contributed by atoms with Crippen molar-refractivity contribution in [2.75, 3.05) is 13.1 Å². The average Bonchev–Trinajstić information content (AvgIpc) is 2.73. The lowest BCUT2D eigenvalue weighted by Gasteiger charge is -2.33. The first-order chi connectivity index (χ1) is 15.0. The molecule has 0 aromatic carbocycles. The predicted octanol–water partition coefficient (Wildman–Crippen LogP) is 5.95. The van der Waals surface area contributed by atoms with E-state index in [1.54, 1.807) is 18.0 Å². The summed E-state index contributed by atoms with van der Waals surface area (Å²) in [5, 5.41) is 0. The molecule has 0 unspecified atom stereocenters. The summed E-state index contributed by atoms with van der Waals surface area (Å²) in [6.45, 7) is 12.3. The molecule has 0 spiro atoms. The summed E-state index contributed by atoms with van der Waals surface area (Å²) >= 11 is 0. The third-order valence-corrected chi connectivity index (χ3v) is 4.98. The van der Waals surface area contributed by atoms with Crippen LogP contribution >= 0.6 is 0 Å². The van der Waals surface area contributed by atoms with E-state index < -0.39 is 11.9 Å². The number of rotatable bonds is 7. The standard InChI is InChI=1S/C24H30F3N3O2/c1-6-7-21(32-19-8-9-22(29-14-19)24(25,26)27)20(15-28-17(4)5)18-10-12-30(13-11-18)23(31)16(2)3/h7-9,14-15,18H,2,6,10-13H2,1,3-5H3/b20-15-,21-7-. The van der Waals surface area contributed by atoms with Crippen molar-refractivity contribution in [2.45, 2.75) is 53.1 Å². The number of allylic oxidation sites excluding steroid dienone is 2. The van der Waals surface area contributed by atoms with E-state index in [1.807, 2.05) is 26.8 Å². The van der Waals surface area contributed by atoms with Gasteiger partial charge in [-0.3, -0.25) is 9.79 Å². The van der Waals surface area contributed by atoms with E-state index in [2.05, 4.69) is 16.6 Å². The molecule has 1 aromatic heterocycles. The Kier molecular flexibility index (Phi) is 8.80. The lowest BCUT2D eigenvalue weighted by atomic mass is 9.87. The smallest absolute Gasteiger partial charge is 0.433 e. The number of hydrogen-bond donors (Lipinski definition) is 0. The van der Waals surface area contributed by atoms with Crippen LogP contribution in [-0.4, -0.2) is 34.6 Å². The van der Waals surface area contributed by atoms with Gasteiger partial charge in [-0.2, -0.15) is 13.2 Å². The van der Waals surface area contributed by atoms with Gasteiger partial charge in [-0.1, -0.05) is 13.5 Å². The van der Waals surface area contributed by atoms with Crippen LogP contribution < -0.4 is 4.74 Å². The van der Waals surface area contributed by atoms with E-state index >= 15 is 0 Å². The lowest BCUT2D eigenvalue weighted by Crippen LogP contribution is -2.39. The molecule has 1 aromatic rings. The second-order valence-corrected chi connectivity index (χ2v) is 7.96. The maximum atomic E-state index is 12.8. The van der Waals surface area contributed by atoms with Crippen LogP contribution in [0.5, 0.6) is 5.75 Å². The van der Waals surface area contributed by atoms with Gasteiger partial charge >= 0.3 is 6.18 Å². The molecule has 32 heavy (non-hydrogen) atoms. The van der Waals surface area contributed by atoms with Crippen LogP contribution in [0.15, 0.2) is 59.1 Å². The largest absolute Gasteiger partial charge is 0.456 e. The van der Waals surface area contributed by atoms with Gasteiger partial charge in [0.05, 0.1) is 6.20 Å². The van der Waals surface area contributed by atoms with Crippen LogP contribution in [0.3, 0.4) is 0 Å². The van der Waals surface area contributed by atoms with Crippen LogP contribution in [0.2, 0.25) is 0 Å². The molecule has 2 heterocycles. The number of amides is 1. The number of aromatic nitrogens is 1. The molecule has 1 saturated heterocycles. The highest BCUT2D eigenvalue weighted by molar-refractivity contribution is 5.92. The fraction of sp³-hybridized carbons (Fsp3) is 0.458. The second-order valence-electron chi connectivity index (χ2n) is 7.96. The maximum absolute atomic E-state index is 12.8. The number of aliphatic imine (C=N–C) groups is 1. The molecule has 1 aliphatic heterocycles. The molecule has 1 amide bonds. The van der Waals surface area contributed by atoms with Gasteiger partial charge in [0, 0.05) is 36.1 Å². The monoisotopic (exact) mass is 449 g/mol. The average molecular weight is 450 g/mol. The van der Waals surface area contributed by atoms with E-state index in [9.17, 15) is 18.0 Å². The number of carbonyl (C=O) groups is 1. The number of hydrogen-bond acceptors (Lipinski definition) is 4. The quantitative estimate of drug-likeness (QED) is 0.224. The number of carbonyl (C=O) groups excluding carboxylic acids is 1. The number of alkyl halides is 3. The highest BCUT2D eigenvalue weighted by Crippen LogP contribution is 2.33. The van der Waals surface area contributed by atoms with Gasteiger partial charge in [0.15, 0.2) is 0 Å². The number of ether oxygens (including phenoxy) is 1. The van der Waals surface area contributed by atoms with E-state index in [-0.39, 0.29) is 17.6 Å². The number of likely N-dealkylation sites (tertiary alicyclic amines) is 1. The minimum Gasteiger partial charge on any atom is -0.456 e. The van der Waals surface area contributed by atoms with Gasteiger partial charge in [0.2, 0.25) is 5.91 Å². The normalized spacial score (nSPS) is 16.0. The molecular formula is C24H30F3N3O2. The molecule has 1 aliphatic rings. The van der Waals surface area contributed by atoms with Crippen LogP contribution in [0, 0.1) is 5.92 Å². The van der Waals surface area contributed by atoms with E-state index in [4.69, 9.17) is 4.74 Å². The van der Waals surface area contributed by atoms with E-state index in [0.29, 0.717) is 30.8 Å². The summed E-state index contributed by atoms with van der Waals surface area (Å²) in [6, 6.07) is 2.16. The number of pyridine rings is 1. The van der Waals surface area contributed by atoms with Gasteiger partial charge in [0.1, 0.15) is 17.2 Å². The highest BCUT2D eigenvalue weighted by Gasteiger charge is 2.32. The summed E-state index contributed by atoms with van der Waals surface area (Å²) in [7, 11) is 0. The van der Waals surface area contributed by atoms with Crippen molar-refractivity contribution >= 4 is 11.6 Å². The summed E-state index contributed by atoms with van der Waals surface area (Å²) in [6.07, 6.45) is 2.32. The van der Waals surface area contributed by atoms with Gasteiger partial charge in [-0.15, -0.1) is 0 Å². The number of nitrogens with zero attached hydrogens (tertiary/aromatic N) is 3. The predicted molar refractivity (Wildman–Crippen MR) is 119 cm³/mol. The Morgan fingerprint density at radius 1 is 1.28 bits per heavy atom. The topological polar surface area (TPSA) is 54.8 Å². The van der Waals surface area contributed by atoms with Crippen molar-refractivity contribution < 1.29 is 22.7 Å². The lowest BCUT2D eigenvalue weighted by molar-refractivity contribution is -0.141. The Labute approximate surface area is 187 Å². The molecule has 0 bridgehead atoms. The van der Waals surface area contributed by atoms with Crippen molar-refractivity contribution in [3.8, 4) is 5.75 Å². The number of piperidine rings is 1. The summed E-state index contributed by atoms with van der Waals surface area (Å²) in [5.74, 6) is 0.805. The van der Waals surface area contributed by atoms with Crippen molar-refractivity contribution in [1.82, 2.24) is 9.88 Å². The Morgan fingerprint density at radius 2 is 1.94 bits per heavy atom. The zero-order valence-corrected chi connectivity index (χ0v) is 19.0. The van der Waals surface area contributed by atoms with E-state index in [1.165, 1.54) is 6.07 Å². The maximum Gasteiger partial charge on any atom is 0.433 e. The molecule has 0 radical (unpaired) electrons. The van der Waals surface area contributed by atoms with Crippen molar-refractivity contribution in [2.24, 2.45) is 10.9 Å². The minimum atomic E-state index is -4.51. The molecule has 2 rings (SSSR count). The molecule has 1 fully saturated rings. The molecule has 0 aliphatic carbocycles. The zero-order chi connectivity index (χ0) is 23.9. The first-order valence-corrected chi connectivity index (χ1v) is 10.6. The van der Waals surface area contributed by atoms with Crippen LogP contribution in [0.1, 0.15) is 52.7 Å². The fourth-order valence-corrected chi connectivity index (χ4v) is 3.37. The van der Waals surface area contributed by atoms with Gasteiger partial charge in [-0.05, 0) is 64.2 Å². The summed E-state index contributed by atoms with van der Waals surface area (Å²) in [5.41, 5.74) is 1.26. The minimum absolute atomic E-state index is 0.0483. The zero-order valence-electron chi connectivity index (χ0n) is 19.0. The highest BCUT2D eigenvalue weighted by atomic mass is 19.4. The molecule has 0 N–H and O–H groups in total. The first-order valence-electron chi connectivity index (χ1n) is 10.6. The summed E-state index contributed by atoms with van der Waals surface area (Å²) in [4.78, 5) is 21.9. The Balaban J connectivity index is 2.28. The van der Waals surface area contributed by atoms with E-state index in [0.717, 1.165) is 36.4 Å². The second kappa shape index (κ2) is 11.1. The van der Waals surface area contributed by atoms with Crippen LogP contribution in [0.4, 0.5) is 13.2 Å². The van der Waals surface area contributed by atoms with Gasteiger partial charge in [0.25, 0.3) is 0 Å². The third-order valence-electron chi connectivity index (χ3n) is 4.98. The first kappa shape index (κ1) is 25.4. The Hall–Kier alpha value is -2.90. The van der Waals surface area contributed by atoms with Crippen molar-refractivity contribution in [1.29, 1.82) is 0 Å². The third kappa shape index (κ3) is 7.07. The fourth-order valence-electron chi connectivity index (χ4n) is 3.37. The SMILES string of the molecule is C=C(C)C(=O)N1CCC(C(=C/N=C(C)C)/C(=C/CC)Oc2ccc(C(F)(F)F)nc2)CC1. The summed E-state index contributed by atoms with van der Waals surface area (Å²) < 4.78 is 44.4.